The van der Waals surface area contributed by atoms with Gasteiger partial charge in [0, 0.05) is 12.0 Å². The molecular weight excluding hydrogens is 194 g/mol. The Labute approximate surface area is 89.5 Å². The Morgan fingerprint density at radius 1 is 1.64 bits per heavy atom. The van der Waals surface area contributed by atoms with Gasteiger partial charge < -0.3 is 4.57 Å². The van der Waals surface area contributed by atoms with Crippen molar-refractivity contribution >= 4 is 12.2 Å². The second-order valence-electron chi connectivity index (χ2n) is 4.38. The number of rotatable bonds is 3. The fourth-order valence-corrected chi connectivity index (χ4v) is 2.31. The maximum absolute atomic E-state index is 5.25. The summed E-state index contributed by atoms with van der Waals surface area (Å²) >= 11 is 5.25. The minimum absolute atomic E-state index is 0.445. The molecule has 0 saturated heterocycles. The molecule has 1 heterocycles. The van der Waals surface area contributed by atoms with Gasteiger partial charge in [0.25, 0.3) is 0 Å². The van der Waals surface area contributed by atoms with E-state index in [1.165, 1.54) is 12.8 Å². The van der Waals surface area contributed by atoms with Crippen LogP contribution >= 0.6 is 12.2 Å². The molecule has 14 heavy (non-hydrogen) atoms. The minimum atomic E-state index is 0.445. The monoisotopic (exact) mass is 211 g/mol. The average Bonchev–Trinajstić information content (AvgIpc) is 2.81. The number of nitrogens with zero attached hydrogens (tertiary/aromatic N) is 2. The van der Waals surface area contributed by atoms with Crippen LogP contribution in [0, 0.1) is 10.7 Å². The van der Waals surface area contributed by atoms with Crippen LogP contribution in [-0.4, -0.2) is 14.8 Å². The van der Waals surface area contributed by atoms with E-state index in [4.69, 9.17) is 12.2 Å². The topological polar surface area (TPSA) is 33.6 Å². The van der Waals surface area contributed by atoms with Crippen molar-refractivity contribution < 1.29 is 0 Å². The first-order valence-corrected chi connectivity index (χ1v) is 5.72. The highest BCUT2D eigenvalue weighted by Crippen LogP contribution is 2.46. The molecule has 3 nitrogen and oxygen atoms in total. The molecule has 0 bridgehead atoms. The Morgan fingerprint density at radius 3 is 2.86 bits per heavy atom. The average molecular weight is 211 g/mol. The van der Waals surface area contributed by atoms with Crippen LogP contribution in [0.1, 0.15) is 51.4 Å². The molecule has 2 atom stereocenters. The van der Waals surface area contributed by atoms with Gasteiger partial charge in [-0.3, -0.25) is 5.10 Å². The van der Waals surface area contributed by atoms with Crippen molar-refractivity contribution in [3.63, 3.8) is 0 Å². The molecule has 1 aliphatic rings. The van der Waals surface area contributed by atoms with Gasteiger partial charge in [0.05, 0.1) is 0 Å². The second kappa shape index (κ2) is 3.50. The van der Waals surface area contributed by atoms with Crippen molar-refractivity contribution in [2.45, 2.75) is 45.6 Å². The molecule has 0 spiro atoms. The fraction of sp³-hybridized carbons (Fsp3) is 0.800. The lowest BCUT2D eigenvalue weighted by Gasteiger charge is -2.07. The lowest BCUT2D eigenvalue weighted by Crippen LogP contribution is -2.04. The van der Waals surface area contributed by atoms with Crippen LogP contribution in [0.25, 0.3) is 0 Å². The molecule has 1 aromatic heterocycles. The van der Waals surface area contributed by atoms with Crippen molar-refractivity contribution in [2.75, 3.05) is 0 Å². The smallest absolute Gasteiger partial charge is 0.195 e. The third kappa shape index (κ3) is 1.52. The van der Waals surface area contributed by atoms with E-state index >= 15 is 0 Å². The third-order valence-electron chi connectivity index (χ3n) is 2.99. The van der Waals surface area contributed by atoms with Gasteiger partial charge in [-0.1, -0.05) is 27.2 Å². The molecule has 1 aliphatic carbocycles. The van der Waals surface area contributed by atoms with Gasteiger partial charge in [-0.25, -0.2) is 0 Å². The molecule has 78 valence electrons. The number of nitrogens with one attached hydrogen (secondary N) is 1. The quantitative estimate of drug-likeness (QED) is 0.780. The van der Waals surface area contributed by atoms with Gasteiger partial charge in [-0.2, -0.15) is 5.10 Å². The lowest BCUT2D eigenvalue weighted by atomic mass is 10.2. The zero-order chi connectivity index (χ0) is 10.3. The standard InChI is InChI=1S/C10H17N3S/c1-4-7-5-8(7)13-9(6(2)3)11-12-10(13)14/h6-8H,4-5H2,1-3H3,(H,12,14). The number of aromatic amines is 1. The van der Waals surface area contributed by atoms with Crippen molar-refractivity contribution in [2.24, 2.45) is 5.92 Å². The van der Waals surface area contributed by atoms with Crippen molar-refractivity contribution in [1.29, 1.82) is 0 Å². The Hall–Kier alpha value is -0.640. The Balaban J connectivity index is 2.32. The second-order valence-corrected chi connectivity index (χ2v) is 4.77. The summed E-state index contributed by atoms with van der Waals surface area (Å²) in [6, 6.07) is 0.614. The zero-order valence-electron chi connectivity index (χ0n) is 8.95. The van der Waals surface area contributed by atoms with Gasteiger partial charge in [0.2, 0.25) is 0 Å². The molecule has 1 saturated carbocycles. The minimum Gasteiger partial charge on any atom is -0.301 e. The predicted octanol–water partition coefficient (Wildman–Crippen LogP) is 3.04. The highest BCUT2D eigenvalue weighted by Gasteiger charge is 2.39. The van der Waals surface area contributed by atoms with E-state index in [1.54, 1.807) is 0 Å². The van der Waals surface area contributed by atoms with Crippen LogP contribution in [0.2, 0.25) is 0 Å². The first-order valence-electron chi connectivity index (χ1n) is 5.32. The summed E-state index contributed by atoms with van der Waals surface area (Å²) in [5.74, 6) is 2.37. The zero-order valence-corrected chi connectivity index (χ0v) is 9.77. The van der Waals surface area contributed by atoms with Crippen LogP contribution < -0.4 is 0 Å². The van der Waals surface area contributed by atoms with Crippen LogP contribution in [0.5, 0.6) is 0 Å². The molecule has 4 heteroatoms. The van der Waals surface area contributed by atoms with Gasteiger partial charge >= 0.3 is 0 Å². The van der Waals surface area contributed by atoms with E-state index in [0.29, 0.717) is 12.0 Å². The van der Waals surface area contributed by atoms with Crippen molar-refractivity contribution in [3.05, 3.63) is 10.6 Å². The van der Waals surface area contributed by atoms with Gasteiger partial charge in [0.1, 0.15) is 5.82 Å². The molecular formula is C10H17N3S. The van der Waals surface area contributed by atoms with Crippen molar-refractivity contribution in [3.8, 4) is 0 Å². The van der Waals surface area contributed by atoms with Gasteiger partial charge in [-0.05, 0) is 24.6 Å². The van der Waals surface area contributed by atoms with Gasteiger partial charge in [0.15, 0.2) is 4.77 Å². The summed E-state index contributed by atoms with van der Waals surface area (Å²) in [4.78, 5) is 0. The number of H-pyrrole nitrogens is 1. The SMILES string of the molecule is CCC1CC1n1c(C(C)C)n[nH]c1=S. The van der Waals surface area contributed by atoms with Crippen LogP contribution in [-0.2, 0) is 0 Å². The fourth-order valence-electron chi connectivity index (χ4n) is 2.03. The Bertz CT molecular complexity index is 377. The molecule has 2 rings (SSSR count). The van der Waals surface area contributed by atoms with E-state index in [9.17, 15) is 0 Å². The highest BCUT2D eigenvalue weighted by molar-refractivity contribution is 7.71. The highest BCUT2D eigenvalue weighted by atomic mass is 32.1. The summed E-state index contributed by atoms with van der Waals surface area (Å²) in [5.41, 5.74) is 0. The molecule has 0 amide bonds. The van der Waals surface area contributed by atoms with E-state index in [2.05, 4.69) is 35.5 Å². The maximum Gasteiger partial charge on any atom is 0.195 e. The van der Waals surface area contributed by atoms with Crippen LogP contribution in [0.3, 0.4) is 0 Å². The molecule has 0 aromatic carbocycles. The predicted molar refractivity (Wildman–Crippen MR) is 58.9 cm³/mol. The first-order chi connectivity index (χ1) is 6.65. The molecule has 0 aliphatic heterocycles. The summed E-state index contributed by atoms with van der Waals surface area (Å²) in [5, 5.41) is 7.19. The molecule has 2 unspecified atom stereocenters. The van der Waals surface area contributed by atoms with E-state index < -0.39 is 0 Å². The number of hydrogen-bond donors (Lipinski definition) is 1. The van der Waals surface area contributed by atoms with E-state index in [0.717, 1.165) is 16.5 Å². The lowest BCUT2D eigenvalue weighted by molar-refractivity contribution is 0.584. The summed E-state index contributed by atoms with van der Waals surface area (Å²) in [7, 11) is 0. The Morgan fingerprint density at radius 2 is 2.36 bits per heavy atom. The van der Waals surface area contributed by atoms with Crippen LogP contribution in [0.15, 0.2) is 0 Å². The summed E-state index contributed by atoms with van der Waals surface area (Å²) in [6.45, 7) is 6.55. The number of hydrogen-bond acceptors (Lipinski definition) is 2. The largest absolute Gasteiger partial charge is 0.301 e. The van der Waals surface area contributed by atoms with E-state index in [1.807, 2.05) is 0 Å². The first kappa shape index (κ1) is 9.90. The summed E-state index contributed by atoms with van der Waals surface area (Å²) < 4.78 is 3.00. The third-order valence-corrected chi connectivity index (χ3v) is 3.28. The van der Waals surface area contributed by atoms with Crippen molar-refractivity contribution in [1.82, 2.24) is 14.8 Å². The van der Waals surface area contributed by atoms with Gasteiger partial charge in [-0.15, -0.1) is 0 Å². The molecule has 1 aromatic rings. The Kier molecular flexibility index (Phi) is 2.47. The molecule has 1 fully saturated rings. The normalized spacial score (nSPS) is 25.7. The molecule has 0 radical (unpaired) electrons. The van der Waals surface area contributed by atoms with E-state index in [-0.39, 0.29) is 0 Å². The molecule has 1 N–H and O–H groups in total. The van der Waals surface area contributed by atoms with Crippen LogP contribution in [0.4, 0.5) is 0 Å². The number of aromatic nitrogens is 3. The summed E-state index contributed by atoms with van der Waals surface area (Å²) in [6.07, 6.45) is 2.51. The maximum atomic E-state index is 5.25.